The van der Waals surface area contributed by atoms with E-state index in [0.29, 0.717) is 39.9 Å². The van der Waals surface area contributed by atoms with Crippen molar-refractivity contribution in [1.82, 2.24) is 9.38 Å². The number of hydrogen-bond acceptors (Lipinski definition) is 5. The number of methoxy groups -OCH3 is 3. The van der Waals surface area contributed by atoms with E-state index < -0.39 is 0 Å². The molecule has 0 bridgehead atoms. The van der Waals surface area contributed by atoms with Crippen LogP contribution in [0.1, 0.15) is 23.2 Å². The molecule has 144 valence electrons. The molecular formula is C21H19ClN2O4. The van der Waals surface area contributed by atoms with Crippen molar-refractivity contribution in [2.24, 2.45) is 0 Å². The minimum atomic E-state index is -0.0733. The Morgan fingerprint density at radius 1 is 1.07 bits per heavy atom. The zero-order chi connectivity index (χ0) is 19.8. The van der Waals surface area contributed by atoms with Crippen molar-refractivity contribution >= 4 is 28.9 Å². The Labute approximate surface area is 167 Å². The fraction of sp³-hybridized carbons (Fsp3) is 0.238. The fourth-order valence-corrected chi connectivity index (χ4v) is 3.71. The summed E-state index contributed by atoms with van der Waals surface area (Å²) in [5, 5.41) is 0.502. The van der Waals surface area contributed by atoms with Crippen molar-refractivity contribution in [2.75, 3.05) is 21.3 Å². The van der Waals surface area contributed by atoms with E-state index >= 15 is 0 Å². The van der Waals surface area contributed by atoms with Gasteiger partial charge in [-0.25, -0.2) is 4.98 Å². The SMILES string of the molecule is COc1cc(C=C2CCc3c2nc2ccc(Cl)cn2c3=O)cc(OC)c1OC. The molecule has 0 unspecified atom stereocenters. The first-order chi connectivity index (χ1) is 13.5. The Hall–Kier alpha value is -2.99. The molecule has 0 atom stereocenters. The summed E-state index contributed by atoms with van der Waals surface area (Å²) in [5.74, 6) is 1.69. The summed E-state index contributed by atoms with van der Waals surface area (Å²) in [6, 6.07) is 7.23. The highest BCUT2D eigenvalue weighted by atomic mass is 35.5. The van der Waals surface area contributed by atoms with E-state index in [-0.39, 0.29) is 5.56 Å². The van der Waals surface area contributed by atoms with Crippen LogP contribution in [-0.2, 0) is 6.42 Å². The number of halogens is 1. The second-order valence-electron chi connectivity index (χ2n) is 6.45. The molecule has 28 heavy (non-hydrogen) atoms. The van der Waals surface area contributed by atoms with Crippen LogP contribution in [0.15, 0.2) is 35.3 Å². The van der Waals surface area contributed by atoms with Crippen molar-refractivity contribution in [2.45, 2.75) is 12.8 Å². The summed E-state index contributed by atoms with van der Waals surface area (Å²) in [5.41, 5.74) is 3.83. The van der Waals surface area contributed by atoms with Gasteiger partial charge in [-0.3, -0.25) is 9.20 Å². The Bertz CT molecular complexity index is 1140. The monoisotopic (exact) mass is 398 g/mol. The molecule has 0 radical (unpaired) electrons. The van der Waals surface area contributed by atoms with Crippen LogP contribution in [0.25, 0.3) is 17.3 Å². The number of allylic oxidation sites excluding steroid dienone is 1. The van der Waals surface area contributed by atoms with Gasteiger partial charge in [-0.15, -0.1) is 0 Å². The van der Waals surface area contributed by atoms with Gasteiger partial charge in [-0.1, -0.05) is 11.6 Å². The number of aromatic nitrogens is 2. The van der Waals surface area contributed by atoms with E-state index in [1.165, 1.54) is 4.40 Å². The zero-order valence-electron chi connectivity index (χ0n) is 15.8. The van der Waals surface area contributed by atoms with E-state index in [2.05, 4.69) is 0 Å². The molecule has 0 spiro atoms. The molecule has 0 N–H and O–H groups in total. The summed E-state index contributed by atoms with van der Waals surface area (Å²) in [6.07, 6.45) is 4.99. The van der Waals surface area contributed by atoms with Gasteiger partial charge >= 0.3 is 0 Å². The smallest absolute Gasteiger partial charge is 0.261 e. The van der Waals surface area contributed by atoms with Crippen LogP contribution in [0.2, 0.25) is 5.02 Å². The van der Waals surface area contributed by atoms with Gasteiger partial charge in [0.1, 0.15) is 5.65 Å². The Balaban J connectivity index is 1.86. The van der Waals surface area contributed by atoms with Crippen LogP contribution in [-0.4, -0.2) is 30.7 Å². The Morgan fingerprint density at radius 3 is 2.43 bits per heavy atom. The van der Waals surface area contributed by atoms with E-state index in [1.807, 2.05) is 18.2 Å². The fourth-order valence-electron chi connectivity index (χ4n) is 3.54. The molecule has 6 nitrogen and oxygen atoms in total. The standard InChI is InChI=1S/C21H19ClN2O4/c1-26-16-9-12(10-17(27-2)20(16)28-3)8-13-4-6-15-19(13)23-18-7-5-14(22)11-24(18)21(15)25/h5,7-11H,4,6H2,1-3H3. The number of benzene rings is 1. The number of nitrogens with zero attached hydrogens (tertiary/aromatic N) is 2. The predicted molar refractivity (Wildman–Crippen MR) is 109 cm³/mol. The van der Waals surface area contributed by atoms with Gasteiger partial charge in [0.05, 0.1) is 32.0 Å². The third-order valence-electron chi connectivity index (χ3n) is 4.86. The maximum atomic E-state index is 12.8. The molecular weight excluding hydrogens is 380 g/mol. The van der Waals surface area contributed by atoms with Gasteiger partial charge in [-0.05, 0) is 54.3 Å². The van der Waals surface area contributed by atoms with Gasteiger partial charge in [0, 0.05) is 11.8 Å². The largest absolute Gasteiger partial charge is 0.493 e. The van der Waals surface area contributed by atoms with E-state index in [9.17, 15) is 4.79 Å². The summed E-state index contributed by atoms with van der Waals surface area (Å²) >= 11 is 6.03. The molecule has 4 rings (SSSR count). The molecule has 0 amide bonds. The maximum absolute atomic E-state index is 12.8. The molecule has 7 heteroatoms. The molecule has 3 aromatic rings. The second kappa shape index (κ2) is 7.20. The number of fused-ring (bicyclic) bond motifs is 2. The molecule has 2 aromatic heterocycles. The van der Waals surface area contributed by atoms with Crippen LogP contribution >= 0.6 is 11.6 Å². The molecule has 0 fully saturated rings. The maximum Gasteiger partial charge on any atom is 0.261 e. The van der Waals surface area contributed by atoms with Gasteiger partial charge in [0.2, 0.25) is 5.75 Å². The van der Waals surface area contributed by atoms with Gasteiger partial charge in [-0.2, -0.15) is 0 Å². The van der Waals surface area contributed by atoms with Gasteiger partial charge in [0.25, 0.3) is 5.56 Å². The third-order valence-corrected chi connectivity index (χ3v) is 5.08. The van der Waals surface area contributed by atoms with E-state index in [4.69, 9.17) is 30.8 Å². The van der Waals surface area contributed by atoms with Crippen LogP contribution in [0.3, 0.4) is 0 Å². The van der Waals surface area contributed by atoms with Crippen molar-refractivity contribution in [3.8, 4) is 17.2 Å². The first-order valence-electron chi connectivity index (χ1n) is 8.77. The Morgan fingerprint density at radius 2 is 1.79 bits per heavy atom. The third kappa shape index (κ3) is 2.99. The molecule has 0 saturated carbocycles. The van der Waals surface area contributed by atoms with Gasteiger partial charge in [0.15, 0.2) is 11.5 Å². The lowest BCUT2D eigenvalue weighted by Gasteiger charge is -2.13. The van der Waals surface area contributed by atoms with Crippen LogP contribution < -0.4 is 19.8 Å². The number of pyridine rings is 1. The second-order valence-corrected chi connectivity index (χ2v) is 6.88. The minimum absolute atomic E-state index is 0.0733. The summed E-state index contributed by atoms with van der Waals surface area (Å²) < 4.78 is 17.7. The summed E-state index contributed by atoms with van der Waals surface area (Å²) in [7, 11) is 4.73. The first-order valence-corrected chi connectivity index (χ1v) is 9.15. The van der Waals surface area contributed by atoms with Crippen molar-refractivity contribution in [1.29, 1.82) is 0 Å². The van der Waals surface area contributed by atoms with Crippen molar-refractivity contribution in [3.05, 3.63) is 62.7 Å². The predicted octanol–water partition coefficient (Wildman–Crippen LogP) is 3.86. The quantitative estimate of drug-likeness (QED) is 0.667. The lowest BCUT2D eigenvalue weighted by molar-refractivity contribution is 0.324. The first kappa shape index (κ1) is 18.4. The highest BCUT2D eigenvalue weighted by molar-refractivity contribution is 6.30. The molecule has 0 aliphatic heterocycles. The molecule has 1 aliphatic carbocycles. The number of ether oxygens (including phenoxy) is 3. The molecule has 1 aliphatic rings. The van der Waals surface area contributed by atoms with Crippen molar-refractivity contribution < 1.29 is 14.2 Å². The van der Waals surface area contributed by atoms with E-state index in [0.717, 1.165) is 23.3 Å². The van der Waals surface area contributed by atoms with Gasteiger partial charge < -0.3 is 14.2 Å². The summed E-state index contributed by atoms with van der Waals surface area (Å²) in [6.45, 7) is 0. The molecule has 0 saturated heterocycles. The normalized spacial score (nSPS) is 14.4. The lowest BCUT2D eigenvalue weighted by atomic mass is 10.1. The summed E-state index contributed by atoms with van der Waals surface area (Å²) in [4.78, 5) is 17.5. The average Bonchev–Trinajstić information content (AvgIpc) is 3.10. The van der Waals surface area contributed by atoms with Crippen LogP contribution in [0.5, 0.6) is 17.2 Å². The minimum Gasteiger partial charge on any atom is -0.493 e. The van der Waals surface area contributed by atoms with E-state index in [1.54, 1.807) is 39.7 Å². The molecule has 2 heterocycles. The zero-order valence-corrected chi connectivity index (χ0v) is 16.5. The highest BCUT2D eigenvalue weighted by Gasteiger charge is 2.23. The van der Waals surface area contributed by atoms with Crippen molar-refractivity contribution in [3.63, 3.8) is 0 Å². The average molecular weight is 399 g/mol. The number of rotatable bonds is 4. The Kier molecular flexibility index (Phi) is 4.73. The highest BCUT2D eigenvalue weighted by Crippen LogP contribution is 2.40. The number of hydrogen-bond donors (Lipinski definition) is 0. The topological polar surface area (TPSA) is 62.1 Å². The van der Waals surface area contributed by atoms with Crippen LogP contribution in [0.4, 0.5) is 0 Å². The lowest BCUT2D eigenvalue weighted by Crippen LogP contribution is -2.19. The van der Waals surface area contributed by atoms with Crippen LogP contribution in [0, 0.1) is 0 Å². The molecule has 1 aromatic carbocycles.